The molecular formula is C22H28N2O4. The molecule has 150 valence electrons. The first-order valence-electron chi connectivity index (χ1n) is 9.38. The molecule has 0 aliphatic carbocycles. The van der Waals surface area contributed by atoms with Crippen LogP contribution in [-0.2, 0) is 6.42 Å². The van der Waals surface area contributed by atoms with Crippen LogP contribution in [0.4, 0.5) is 0 Å². The molecule has 1 aromatic heterocycles. The van der Waals surface area contributed by atoms with Crippen LogP contribution in [0.15, 0.2) is 65.6 Å². The number of nitrogens with two attached hydrogens (primary N) is 1. The van der Waals surface area contributed by atoms with E-state index in [1.54, 1.807) is 6.26 Å². The van der Waals surface area contributed by atoms with Crippen molar-refractivity contribution in [3.8, 4) is 22.8 Å². The third kappa shape index (κ3) is 5.92. The fourth-order valence-corrected chi connectivity index (χ4v) is 2.51. The quantitative estimate of drug-likeness (QED) is 0.546. The number of aliphatic hydroxyl groups is 2. The number of rotatable bonds is 8. The number of aliphatic hydroxyl groups excluding tert-OH is 2. The van der Waals surface area contributed by atoms with Crippen molar-refractivity contribution in [3.63, 3.8) is 0 Å². The summed E-state index contributed by atoms with van der Waals surface area (Å²) >= 11 is 0. The lowest BCUT2D eigenvalue weighted by Gasteiger charge is -2.24. The molecule has 3 rings (SSSR count). The first-order valence-corrected chi connectivity index (χ1v) is 9.38. The van der Waals surface area contributed by atoms with Crippen molar-refractivity contribution in [1.29, 1.82) is 0 Å². The van der Waals surface area contributed by atoms with Crippen molar-refractivity contribution >= 4 is 0 Å². The number of aromatic nitrogens is 1. The Morgan fingerprint density at radius 2 is 1.54 bits per heavy atom. The molecule has 0 saturated heterocycles. The van der Waals surface area contributed by atoms with Gasteiger partial charge in [-0.25, -0.2) is 4.98 Å². The van der Waals surface area contributed by atoms with Crippen LogP contribution in [0.1, 0.15) is 25.8 Å². The Hall–Kier alpha value is -2.67. The molecule has 6 nitrogen and oxygen atoms in total. The minimum Gasteiger partial charge on any atom is -0.457 e. The maximum Gasteiger partial charge on any atom is 0.181 e. The Labute approximate surface area is 165 Å². The zero-order valence-corrected chi connectivity index (χ0v) is 16.3. The van der Waals surface area contributed by atoms with Gasteiger partial charge in [-0.3, -0.25) is 0 Å². The molecule has 0 radical (unpaired) electrons. The number of ether oxygens (including phenoxy) is 1. The summed E-state index contributed by atoms with van der Waals surface area (Å²) < 4.78 is 10.8. The van der Waals surface area contributed by atoms with Crippen LogP contribution < -0.4 is 10.5 Å². The number of oxazole rings is 1. The standard InChI is InChI=1S/C20H22N2O4.C2H6/c21-20(12-23,13-24)10-9-15-1-5-17(6-2-15)26-18-7-3-16(4-8-18)19-11-25-14-22-19;1-2/h1-8,11,14,23-24H,9-10,12-13,21H2;1-2H3. The van der Waals surface area contributed by atoms with E-state index in [2.05, 4.69) is 4.98 Å². The highest BCUT2D eigenvalue weighted by Crippen LogP contribution is 2.25. The molecule has 0 amide bonds. The molecule has 4 N–H and O–H groups in total. The van der Waals surface area contributed by atoms with E-state index in [1.165, 1.54) is 6.39 Å². The van der Waals surface area contributed by atoms with E-state index in [9.17, 15) is 10.2 Å². The fourth-order valence-electron chi connectivity index (χ4n) is 2.51. The number of nitrogens with zero attached hydrogens (tertiary/aromatic N) is 1. The SMILES string of the molecule is CC.NC(CO)(CO)CCc1ccc(Oc2ccc(-c3cocn3)cc2)cc1. The third-order valence-electron chi connectivity index (χ3n) is 4.28. The zero-order chi connectivity index (χ0) is 20.4. The lowest BCUT2D eigenvalue weighted by molar-refractivity contribution is 0.115. The van der Waals surface area contributed by atoms with Crippen molar-refractivity contribution in [2.45, 2.75) is 32.2 Å². The molecule has 0 unspecified atom stereocenters. The predicted octanol–water partition coefficient (Wildman–Crippen LogP) is 3.77. The first-order chi connectivity index (χ1) is 13.6. The van der Waals surface area contributed by atoms with Gasteiger partial charge in [0.2, 0.25) is 0 Å². The van der Waals surface area contributed by atoms with Crippen molar-refractivity contribution in [1.82, 2.24) is 4.98 Å². The van der Waals surface area contributed by atoms with Crippen molar-refractivity contribution < 1.29 is 19.4 Å². The Morgan fingerprint density at radius 1 is 0.964 bits per heavy atom. The van der Waals surface area contributed by atoms with Crippen LogP contribution >= 0.6 is 0 Å². The summed E-state index contributed by atoms with van der Waals surface area (Å²) in [4.78, 5) is 4.11. The van der Waals surface area contributed by atoms with Gasteiger partial charge in [0.05, 0.1) is 18.8 Å². The van der Waals surface area contributed by atoms with Crippen molar-refractivity contribution in [2.75, 3.05) is 13.2 Å². The van der Waals surface area contributed by atoms with Crippen LogP contribution in [0.25, 0.3) is 11.3 Å². The number of aryl methyl sites for hydroxylation is 1. The largest absolute Gasteiger partial charge is 0.457 e. The summed E-state index contributed by atoms with van der Waals surface area (Å²) in [7, 11) is 0. The lowest BCUT2D eigenvalue weighted by Crippen LogP contribution is -2.47. The van der Waals surface area contributed by atoms with E-state index in [0.717, 1.165) is 28.3 Å². The summed E-state index contributed by atoms with van der Waals surface area (Å²) in [6, 6.07) is 15.3. The summed E-state index contributed by atoms with van der Waals surface area (Å²) in [5, 5.41) is 18.5. The number of hydrogen-bond donors (Lipinski definition) is 3. The first kappa shape index (κ1) is 21.6. The lowest BCUT2D eigenvalue weighted by atomic mass is 9.94. The van der Waals surface area contributed by atoms with E-state index >= 15 is 0 Å². The highest BCUT2D eigenvalue weighted by atomic mass is 16.5. The van der Waals surface area contributed by atoms with E-state index in [-0.39, 0.29) is 13.2 Å². The molecule has 0 saturated carbocycles. The Kier molecular flexibility index (Phi) is 8.19. The summed E-state index contributed by atoms with van der Waals surface area (Å²) in [5.74, 6) is 1.46. The van der Waals surface area contributed by atoms with Gasteiger partial charge in [0.25, 0.3) is 0 Å². The van der Waals surface area contributed by atoms with Crippen LogP contribution in [0.5, 0.6) is 11.5 Å². The van der Waals surface area contributed by atoms with Gasteiger partial charge in [0.1, 0.15) is 23.5 Å². The third-order valence-corrected chi connectivity index (χ3v) is 4.28. The van der Waals surface area contributed by atoms with Gasteiger partial charge in [-0.2, -0.15) is 0 Å². The number of hydrogen-bond acceptors (Lipinski definition) is 6. The average molecular weight is 384 g/mol. The van der Waals surface area contributed by atoms with Crippen LogP contribution in [0.2, 0.25) is 0 Å². The maximum atomic E-state index is 9.24. The molecule has 0 aliphatic rings. The molecule has 1 heterocycles. The Bertz CT molecular complexity index is 796. The molecule has 6 heteroatoms. The molecule has 28 heavy (non-hydrogen) atoms. The van der Waals surface area contributed by atoms with Gasteiger partial charge in [-0.15, -0.1) is 0 Å². The number of benzene rings is 2. The minimum absolute atomic E-state index is 0.241. The van der Waals surface area contributed by atoms with Crippen LogP contribution in [0, 0.1) is 0 Å². The summed E-state index contributed by atoms with van der Waals surface area (Å²) in [6.45, 7) is 3.52. The van der Waals surface area contributed by atoms with Gasteiger partial charge < -0.3 is 25.1 Å². The molecule has 3 aromatic rings. The summed E-state index contributed by atoms with van der Waals surface area (Å²) in [6.07, 6.45) is 4.17. The van der Waals surface area contributed by atoms with Gasteiger partial charge in [0.15, 0.2) is 6.39 Å². The Morgan fingerprint density at radius 3 is 2.04 bits per heavy atom. The predicted molar refractivity (Wildman–Crippen MR) is 109 cm³/mol. The second-order valence-corrected chi connectivity index (χ2v) is 6.32. The molecule has 0 bridgehead atoms. The van der Waals surface area contributed by atoms with Gasteiger partial charge in [0, 0.05) is 5.56 Å². The van der Waals surface area contributed by atoms with E-state index < -0.39 is 5.54 Å². The highest BCUT2D eigenvalue weighted by Gasteiger charge is 2.22. The van der Waals surface area contributed by atoms with Crippen LogP contribution in [-0.4, -0.2) is 33.9 Å². The van der Waals surface area contributed by atoms with Crippen LogP contribution in [0.3, 0.4) is 0 Å². The zero-order valence-electron chi connectivity index (χ0n) is 16.3. The molecule has 0 fully saturated rings. The fraction of sp³-hybridized carbons (Fsp3) is 0.318. The minimum atomic E-state index is -0.944. The molecular weight excluding hydrogens is 356 g/mol. The van der Waals surface area contributed by atoms with Gasteiger partial charge in [-0.1, -0.05) is 26.0 Å². The second-order valence-electron chi connectivity index (χ2n) is 6.32. The maximum absolute atomic E-state index is 9.24. The van der Waals surface area contributed by atoms with E-state index in [4.69, 9.17) is 14.9 Å². The molecule has 0 aliphatic heterocycles. The molecule has 0 atom stereocenters. The monoisotopic (exact) mass is 384 g/mol. The molecule has 0 spiro atoms. The van der Waals surface area contributed by atoms with Gasteiger partial charge in [-0.05, 0) is 54.8 Å². The topological polar surface area (TPSA) is 102 Å². The molecule has 2 aromatic carbocycles. The van der Waals surface area contributed by atoms with Crippen molar-refractivity contribution in [3.05, 3.63) is 66.8 Å². The van der Waals surface area contributed by atoms with Gasteiger partial charge >= 0.3 is 0 Å². The second kappa shape index (κ2) is 10.6. The smallest absolute Gasteiger partial charge is 0.181 e. The summed E-state index contributed by atoms with van der Waals surface area (Å²) in [5.41, 5.74) is 7.75. The normalized spacial score (nSPS) is 10.9. The highest BCUT2D eigenvalue weighted by molar-refractivity contribution is 5.58. The van der Waals surface area contributed by atoms with E-state index in [0.29, 0.717) is 12.8 Å². The average Bonchev–Trinajstić information content (AvgIpc) is 3.30. The van der Waals surface area contributed by atoms with E-state index in [1.807, 2.05) is 62.4 Å². The Balaban J connectivity index is 0.00000136. The van der Waals surface area contributed by atoms with Crippen molar-refractivity contribution in [2.24, 2.45) is 5.73 Å².